The zero-order valence-corrected chi connectivity index (χ0v) is 9.15. The predicted octanol–water partition coefficient (Wildman–Crippen LogP) is 2.36. The minimum absolute atomic E-state index is 0.0449. The van der Waals surface area contributed by atoms with E-state index in [1.807, 2.05) is 35.0 Å². The molecular formula is C13H12N2O2. The third-order valence-electron chi connectivity index (χ3n) is 2.30. The average molecular weight is 228 g/mol. The zero-order valence-electron chi connectivity index (χ0n) is 9.15. The van der Waals surface area contributed by atoms with Crippen molar-refractivity contribution < 1.29 is 9.90 Å². The number of aromatic nitrogens is 2. The molecule has 0 radical (unpaired) electrons. The third-order valence-corrected chi connectivity index (χ3v) is 2.30. The molecule has 0 unspecified atom stereocenters. The zero-order chi connectivity index (χ0) is 12.1. The number of imidazole rings is 1. The number of rotatable bonds is 4. The highest BCUT2D eigenvalue weighted by Crippen LogP contribution is 2.10. The average Bonchev–Trinajstić information content (AvgIpc) is 2.83. The number of carboxylic acid groups (broad SMARTS) is 1. The summed E-state index contributed by atoms with van der Waals surface area (Å²) in [4.78, 5) is 14.3. The SMILES string of the molecule is O=C(O)CC=Cc1ccc(-n2ccnc2)cc1. The summed E-state index contributed by atoms with van der Waals surface area (Å²) in [5.41, 5.74) is 2.01. The molecule has 0 fully saturated rings. The van der Waals surface area contributed by atoms with Crippen molar-refractivity contribution in [3.8, 4) is 5.69 Å². The van der Waals surface area contributed by atoms with E-state index < -0.39 is 5.97 Å². The quantitative estimate of drug-likeness (QED) is 0.873. The summed E-state index contributed by atoms with van der Waals surface area (Å²) >= 11 is 0. The molecule has 0 saturated carbocycles. The number of carbonyl (C=O) groups is 1. The van der Waals surface area contributed by atoms with Gasteiger partial charge in [0.1, 0.15) is 0 Å². The molecule has 2 aromatic rings. The van der Waals surface area contributed by atoms with E-state index in [-0.39, 0.29) is 6.42 Å². The van der Waals surface area contributed by atoms with Crippen molar-refractivity contribution in [1.29, 1.82) is 0 Å². The minimum atomic E-state index is -0.823. The summed E-state index contributed by atoms with van der Waals surface area (Å²) in [5, 5.41) is 8.50. The fraction of sp³-hybridized carbons (Fsp3) is 0.0769. The molecule has 0 atom stereocenters. The Hall–Kier alpha value is -2.36. The number of hydrogen-bond donors (Lipinski definition) is 1. The first-order chi connectivity index (χ1) is 8.25. The van der Waals surface area contributed by atoms with Crippen LogP contribution in [0.4, 0.5) is 0 Å². The Bertz CT molecular complexity index is 513. The van der Waals surface area contributed by atoms with E-state index in [0.29, 0.717) is 0 Å². The first-order valence-corrected chi connectivity index (χ1v) is 5.22. The van der Waals surface area contributed by atoms with Gasteiger partial charge in [-0.05, 0) is 17.7 Å². The predicted molar refractivity (Wildman–Crippen MR) is 64.9 cm³/mol. The van der Waals surface area contributed by atoms with E-state index in [1.54, 1.807) is 24.7 Å². The maximum absolute atomic E-state index is 10.3. The van der Waals surface area contributed by atoms with Gasteiger partial charge in [0.25, 0.3) is 0 Å². The van der Waals surface area contributed by atoms with Crippen molar-refractivity contribution >= 4 is 12.0 Å². The van der Waals surface area contributed by atoms with Crippen LogP contribution in [0.15, 0.2) is 49.1 Å². The van der Waals surface area contributed by atoms with Crippen molar-refractivity contribution in [2.24, 2.45) is 0 Å². The Kier molecular flexibility index (Phi) is 3.35. The first-order valence-electron chi connectivity index (χ1n) is 5.22. The molecule has 1 N–H and O–H groups in total. The second-order valence-electron chi connectivity index (χ2n) is 3.56. The summed E-state index contributed by atoms with van der Waals surface area (Å²) < 4.78 is 1.91. The van der Waals surface area contributed by atoms with Crippen LogP contribution in [0.3, 0.4) is 0 Å². The lowest BCUT2D eigenvalue weighted by atomic mass is 10.2. The molecule has 0 spiro atoms. The van der Waals surface area contributed by atoms with E-state index in [9.17, 15) is 4.79 Å². The molecular weight excluding hydrogens is 216 g/mol. The topological polar surface area (TPSA) is 55.1 Å². The molecule has 17 heavy (non-hydrogen) atoms. The van der Waals surface area contributed by atoms with Gasteiger partial charge in [-0.3, -0.25) is 4.79 Å². The highest BCUT2D eigenvalue weighted by Gasteiger charge is 1.95. The van der Waals surface area contributed by atoms with Crippen molar-refractivity contribution in [1.82, 2.24) is 9.55 Å². The Labute approximate surface area is 98.9 Å². The maximum Gasteiger partial charge on any atom is 0.307 e. The molecule has 1 heterocycles. The van der Waals surface area contributed by atoms with Crippen molar-refractivity contribution in [2.45, 2.75) is 6.42 Å². The number of hydrogen-bond acceptors (Lipinski definition) is 2. The molecule has 4 heteroatoms. The summed E-state index contributed by atoms with van der Waals surface area (Å²) in [7, 11) is 0. The molecule has 0 saturated heterocycles. The largest absolute Gasteiger partial charge is 0.481 e. The third kappa shape index (κ3) is 3.04. The van der Waals surface area contributed by atoms with Gasteiger partial charge in [-0.2, -0.15) is 0 Å². The van der Waals surface area contributed by atoms with Crippen LogP contribution in [-0.2, 0) is 4.79 Å². The molecule has 0 aliphatic rings. The van der Waals surface area contributed by atoms with Crippen LogP contribution in [0.1, 0.15) is 12.0 Å². The minimum Gasteiger partial charge on any atom is -0.481 e. The summed E-state index contributed by atoms with van der Waals surface area (Å²) in [6, 6.07) is 7.80. The molecule has 4 nitrogen and oxygen atoms in total. The van der Waals surface area contributed by atoms with Crippen LogP contribution in [0.25, 0.3) is 11.8 Å². The van der Waals surface area contributed by atoms with Gasteiger partial charge in [0.2, 0.25) is 0 Å². The van der Waals surface area contributed by atoms with Crippen molar-refractivity contribution in [3.05, 3.63) is 54.6 Å². The lowest BCUT2D eigenvalue weighted by Crippen LogP contribution is -1.90. The molecule has 0 aliphatic carbocycles. The van der Waals surface area contributed by atoms with Gasteiger partial charge in [0.05, 0.1) is 12.7 Å². The van der Waals surface area contributed by atoms with E-state index in [4.69, 9.17) is 5.11 Å². The smallest absolute Gasteiger partial charge is 0.307 e. The normalized spacial score (nSPS) is 10.8. The number of nitrogens with zero attached hydrogens (tertiary/aromatic N) is 2. The van der Waals surface area contributed by atoms with Crippen molar-refractivity contribution in [2.75, 3.05) is 0 Å². The van der Waals surface area contributed by atoms with Crippen molar-refractivity contribution in [3.63, 3.8) is 0 Å². The Morgan fingerprint density at radius 1 is 1.35 bits per heavy atom. The molecule has 2 rings (SSSR count). The number of carboxylic acids is 1. The van der Waals surface area contributed by atoms with E-state index in [1.165, 1.54) is 0 Å². The van der Waals surface area contributed by atoms with Crippen LogP contribution in [0, 0.1) is 0 Å². The van der Waals surface area contributed by atoms with Gasteiger partial charge < -0.3 is 9.67 Å². The molecule has 1 aromatic carbocycles. The molecule has 0 bridgehead atoms. The fourth-order valence-corrected chi connectivity index (χ4v) is 1.47. The number of aliphatic carboxylic acids is 1. The van der Waals surface area contributed by atoms with Gasteiger partial charge in [-0.15, -0.1) is 0 Å². The molecule has 86 valence electrons. The maximum atomic E-state index is 10.3. The summed E-state index contributed by atoms with van der Waals surface area (Å²) in [6.45, 7) is 0. The van der Waals surface area contributed by atoms with Crippen LogP contribution >= 0.6 is 0 Å². The van der Waals surface area contributed by atoms with Gasteiger partial charge in [0, 0.05) is 18.1 Å². The summed E-state index contributed by atoms with van der Waals surface area (Å²) in [6.07, 6.45) is 8.80. The Morgan fingerprint density at radius 3 is 2.71 bits per heavy atom. The van der Waals surface area contributed by atoms with Crippen LogP contribution in [-0.4, -0.2) is 20.6 Å². The van der Waals surface area contributed by atoms with E-state index in [0.717, 1.165) is 11.3 Å². The molecule has 0 amide bonds. The highest BCUT2D eigenvalue weighted by molar-refractivity contribution is 5.70. The Balaban J connectivity index is 2.08. The molecule has 0 aliphatic heterocycles. The van der Waals surface area contributed by atoms with Crippen LogP contribution in [0.2, 0.25) is 0 Å². The monoisotopic (exact) mass is 228 g/mol. The van der Waals surface area contributed by atoms with Gasteiger partial charge in [0.15, 0.2) is 0 Å². The standard InChI is InChI=1S/C13H12N2O2/c16-13(17)3-1-2-11-4-6-12(7-5-11)15-9-8-14-10-15/h1-2,4-10H,3H2,(H,16,17). The first kappa shape index (κ1) is 11.1. The van der Waals surface area contributed by atoms with Gasteiger partial charge >= 0.3 is 5.97 Å². The van der Waals surface area contributed by atoms with E-state index in [2.05, 4.69) is 4.98 Å². The fourth-order valence-electron chi connectivity index (χ4n) is 1.47. The molecule has 1 aromatic heterocycles. The number of benzene rings is 1. The van der Waals surface area contributed by atoms with Crippen LogP contribution < -0.4 is 0 Å². The highest BCUT2D eigenvalue weighted by atomic mass is 16.4. The summed E-state index contributed by atoms with van der Waals surface area (Å²) in [5.74, 6) is -0.823. The van der Waals surface area contributed by atoms with Gasteiger partial charge in [-0.1, -0.05) is 24.3 Å². The second kappa shape index (κ2) is 5.12. The van der Waals surface area contributed by atoms with Crippen LogP contribution in [0.5, 0.6) is 0 Å². The van der Waals surface area contributed by atoms with E-state index >= 15 is 0 Å². The lowest BCUT2D eigenvalue weighted by molar-refractivity contribution is -0.135. The Morgan fingerprint density at radius 2 is 2.12 bits per heavy atom. The lowest BCUT2D eigenvalue weighted by Gasteiger charge is -2.01. The van der Waals surface area contributed by atoms with Gasteiger partial charge in [-0.25, -0.2) is 4.98 Å². The second-order valence-corrected chi connectivity index (χ2v) is 3.56.